The van der Waals surface area contributed by atoms with E-state index in [-0.39, 0.29) is 0 Å². The molecule has 0 amide bonds. The number of hydrogen-bond donors (Lipinski definition) is 0. The molecule has 133 valence electrons. The predicted octanol–water partition coefficient (Wildman–Crippen LogP) is 5.84. The molecule has 1 heteroatoms. The van der Waals surface area contributed by atoms with Gasteiger partial charge in [-0.1, -0.05) is 125 Å². The summed E-state index contributed by atoms with van der Waals surface area (Å²) in [6, 6.07) is 13.6. The highest BCUT2D eigenvalue weighted by Gasteiger charge is 2.20. The van der Waals surface area contributed by atoms with Gasteiger partial charge in [-0.05, 0) is 23.7 Å². The molecule has 0 aliphatic heterocycles. The molecule has 0 saturated heterocycles. The Morgan fingerprint density at radius 1 is 0.480 bits per heavy atom. The number of rotatable bonds is 6. The highest BCUT2D eigenvalue weighted by atomic mass is 14.2. The lowest BCUT2D eigenvalue weighted by Crippen LogP contribution is -2.38. The minimum atomic E-state index is 0.527. The monoisotopic (exact) mass is 333 g/mol. The molecule has 25 heavy (non-hydrogen) atoms. The van der Waals surface area contributed by atoms with Crippen LogP contribution in [0.4, 0.5) is 0 Å². The third kappa shape index (κ3) is 4.38. The molecule has 0 heterocycles. The quantitative estimate of drug-likeness (QED) is 0.583. The van der Waals surface area contributed by atoms with Gasteiger partial charge in [-0.25, -0.2) is 0 Å². The van der Waals surface area contributed by atoms with E-state index in [0.717, 1.165) is 0 Å². The van der Waals surface area contributed by atoms with Crippen LogP contribution in [0.2, 0.25) is 0 Å². The number of benzene rings is 2. The van der Waals surface area contributed by atoms with Crippen molar-refractivity contribution in [2.24, 2.45) is 0 Å². The zero-order chi connectivity index (χ0) is 18.7. The van der Waals surface area contributed by atoms with E-state index < -0.39 is 0 Å². The summed E-state index contributed by atoms with van der Waals surface area (Å²) in [5, 5.41) is 0. The Bertz CT molecular complexity index is 594. The van der Waals surface area contributed by atoms with E-state index in [1.165, 1.54) is 33.2 Å². The predicted molar refractivity (Wildman–Crippen MR) is 114 cm³/mol. The van der Waals surface area contributed by atoms with E-state index in [4.69, 9.17) is 0 Å². The summed E-state index contributed by atoms with van der Waals surface area (Å²) in [5.41, 5.74) is 8.70. The lowest BCUT2D eigenvalue weighted by atomic mass is 9.55. The van der Waals surface area contributed by atoms with Gasteiger partial charge in [-0.2, -0.15) is 0 Å². The molecule has 0 bridgehead atoms. The standard InChI is InChI=1S/C24H34B/c1-15(2)19-11-9-12-20(16(3)4)23(19)25-24-21(17(5)6)13-10-14-22(24)18(7)8/h9-18H,1-8H3. The molecule has 0 fully saturated rings. The fourth-order valence-corrected chi connectivity index (χ4v) is 3.69. The van der Waals surface area contributed by atoms with Crippen LogP contribution in [-0.2, 0) is 0 Å². The van der Waals surface area contributed by atoms with E-state index in [1.807, 2.05) is 0 Å². The van der Waals surface area contributed by atoms with Gasteiger partial charge in [0.1, 0.15) is 0 Å². The van der Waals surface area contributed by atoms with E-state index in [0.29, 0.717) is 23.7 Å². The van der Waals surface area contributed by atoms with Gasteiger partial charge in [-0.15, -0.1) is 0 Å². The van der Waals surface area contributed by atoms with Gasteiger partial charge in [0.15, 0.2) is 7.28 Å². The second-order valence-corrected chi connectivity index (χ2v) is 8.46. The van der Waals surface area contributed by atoms with Crippen LogP contribution >= 0.6 is 0 Å². The van der Waals surface area contributed by atoms with Crippen molar-refractivity contribution in [1.29, 1.82) is 0 Å². The molecule has 2 rings (SSSR count). The molecule has 0 aliphatic rings. The van der Waals surface area contributed by atoms with Crippen molar-refractivity contribution in [3.05, 3.63) is 58.7 Å². The fraction of sp³-hybridized carbons (Fsp3) is 0.500. The zero-order valence-electron chi connectivity index (χ0n) is 17.4. The van der Waals surface area contributed by atoms with Gasteiger partial charge in [-0.3, -0.25) is 0 Å². The summed E-state index contributed by atoms with van der Waals surface area (Å²) < 4.78 is 0. The van der Waals surface area contributed by atoms with Crippen LogP contribution < -0.4 is 10.9 Å². The maximum atomic E-state index is 2.48. The molecule has 0 N–H and O–H groups in total. The van der Waals surface area contributed by atoms with Gasteiger partial charge in [0.05, 0.1) is 0 Å². The Balaban J connectivity index is 2.68. The summed E-state index contributed by atoms with van der Waals surface area (Å²) in [4.78, 5) is 0. The molecule has 0 aliphatic carbocycles. The van der Waals surface area contributed by atoms with Crippen molar-refractivity contribution in [3.63, 3.8) is 0 Å². The maximum absolute atomic E-state index is 2.48. The molecule has 2 aromatic rings. The molecule has 1 radical (unpaired) electrons. The summed E-state index contributed by atoms with van der Waals surface area (Å²) in [6.07, 6.45) is 0. The first kappa shape index (κ1) is 19.8. The van der Waals surface area contributed by atoms with Crippen molar-refractivity contribution < 1.29 is 0 Å². The molecule has 0 atom stereocenters. The van der Waals surface area contributed by atoms with Crippen LogP contribution in [-0.4, -0.2) is 7.28 Å². The molecule has 0 unspecified atom stereocenters. The second-order valence-electron chi connectivity index (χ2n) is 8.46. The van der Waals surface area contributed by atoms with Crippen molar-refractivity contribution in [2.45, 2.75) is 79.1 Å². The van der Waals surface area contributed by atoms with E-state index in [2.05, 4.69) is 99.1 Å². The minimum absolute atomic E-state index is 0.527. The fourth-order valence-electron chi connectivity index (χ4n) is 3.69. The smallest absolute Gasteiger partial charge is 0.0746 e. The number of hydrogen-bond acceptors (Lipinski definition) is 0. The van der Waals surface area contributed by atoms with Crippen LogP contribution in [0.5, 0.6) is 0 Å². The Labute approximate surface area is 156 Å². The first-order valence-corrected chi connectivity index (χ1v) is 9.84. The highest BCUT2D eigenvalue weighted by molar-refractivity contribution is 6.69. The third-order valence-corrected chi connectivity index (χ3v) is 5.12. The Morgan fingerprint density at radius 2 is 0.720 bits per heavy atom. The normalized spacial score (nSPS) is 11.8. The van der Waals surface area contributed by atoms with E-state index >= 15 is 0 Å². The highest BCUT2D eigenvalue weighted by Crippen LogP contribution is 2.22. The Hall–Kier alpha value is -1.50. The molecule has 0 aromatic heterocycles. The van der Waals surface area contributed by atoms with Gasteiger partial charge in [0.25, 0.3) is 0 Å². The largest absolute Gasteiger partial charge is 0.192 e. The van der Waals surface area contributed by atoms with E-state index in [9.17, 15) is 0 Å². The van der Waals surface area contributed by atoms with Crippen molar-refractivity contribution >= 4 is 18.2 Å². The van der Waals surface area contributed by atoms with Crippen molar-refractivity contribution in [2.75, 3.05) is 0 Å². The summed E-state index contributed by atoms with van der Waals surface area (Å²) in [6.45, 7) is 18.4. The Kier molecular flexibility index (Phi) is 6.55. The molecule has 2 aromatic carbocycles. The van der Waals surface area contributed by atoms with Crippen molar-refractivity contribution in [1.82, 2.24) is 0 Å². The minimum Gasteiger partial charge on any atom is -0.0746 e. The average Bonchev–Trinajstić information content (AvgIpc) is 2.54. The van der Waals surface area contributed by atoms with Crippen molar-refractivity contribution in [3.8, 4) is 0 Å². The van der Waals surface area contributed by atoms with Crippen LogP contribution in [0.25, 0.3) is 0 Å². The van der Waals surface area contributed by atoms with Crippen LogP contribution in [0.1, 0.15) is 101 Å². The van der Waals surface area contributed by atoms with Gasteiger partial charge >= 0.3 is 0 Å². The third-order valence-electron chi connectivity index (χ3n) is 5.12. The lowest BCUT2D eigenvalue weighted by molar-refractivity contribution is 0.841. The van der Waals surface area contributed by atoms with Crippen LogP contribution in [0.3, 0.4) is 0 Å². The van der Waals surface area contributed by atoms with Crippen LogP contribution in [0, 0.1) is 0 Å². The average molecular weight is 333 g/mol. The van der Waals surface area contributed by atoms with Crippen LogP contribution in [0.15, 0.2) is 36.4 Å². The topological polar surface area (TPSA) is 0 Å². The van der Waals surface area contributed by atoms with Gasteiger partial charge < -0.3 is 0 Å². The molecule has 0 saturated carbocycles. The first-order chi connectivity index (χ1) is 11.7. The molecular weight excluding hydrogens is 299 g/mol. The lowest BCUT2D eigenvalue weighted by Gasteiger charge is -2.24. The maximum Gasteiger partial charge on any atom is 0.192 e. The summed E-state index contributed by atoms with van der Waals surface area (Å²) in [7, 11) is 2.48. The summed E-state index contributed by atoms with van der Waals surface area (Å²) in [5.74, 6) is 2.11. The van der Waals surface area contributed by atoms with Gasteiger partial charge in [0, 0.05) is 0 Å². The second kappa shape index (κ2) is 8.26. The summed E-state index contributed by atoms with van der Waals surface area (Å²) >= 11 is 0. The molecule has 0 nitrogen and oxygen atoms in total. The van der Waals surface area contributed by atoms with Gasteiger partial charge in [0.2, 0.25) is 0 Å². The molecule has 0 spiro atoms. The SMILES string of the molecule is CC(C)c1cccc(C(C)C)c1[B]c1c(C(C)C)cccc1C(C)C. The zero-order valence-corrected chi connectivity index (χ0v) is 17.4. The molecular formula is C24H34B. The Morgan fingerprint density at radius 3 is 0.920 bits per heavy atom. The first-order valence-electron chi connectivity index (χ1n) is 9.84. The van der Waals surface area contributed by atoms with E-state index in [1.54, 1.807) is 0 Å².